The Morgan fingerprint density at radius 2 is 1.93 bits per heavy atom. The molecule has 2 heterocycles. The first-order valence-corrected chi connectivity index (χ1v) is 10.2. The second-order valence-electron chi connectivity index (χ2n) is 7.79. The van der Waals surface area contributed by atoms with Crippen LogP contribution in [0, 0.1) is 0 Å². The molecule has 1 aromatic carbocycles. The molecule has 2 fully saturated rings. The summed E-state index contributed by atoms with van der Waals surface area (Å²) >= 11 is 0. The standard InChI is InChI=1S/C22H24N4O2/c27-22(24-17-9-10-17)16-6-4-5-15(13-16)19-14-23-20-11-12-21(25-26(19)20)28-18-7-2-1-3-8-18/h4-6,11-14,17-18H,1-3,7-10H2,(H,24,27). The van der Waals surface area contributed by atoms with Gasteiger partial charge in [-0.05, 0) is 56.7 Å². The average molecular weight is 376 g/mol. The highest BCUT2D eigenvalue weighted by Gasteiger charge is 2.24. The number of nitrogens with zero attached hydrogens (tertiary/aromatic N) is 3. The molecule has 2 aromatic heterocycles. The maximum absolute atomic E-state index is 12.4. The maximum Gasteiger partial charge on any atom is 0.251 e. The number of carbonyl (C=O) groups is 1. The van der Waals surface area contributed by atoms with Gasteiger partial charge in [-0.25, -0.2) is 9.50 Å². The summed E-state index contributed by atoms with van der Waals surface area (Å²) in [6.45, 7) is 0. The molecule has 144 valence electrons. The zero-order valence-corrected chi connectivity index (χ0v) is 15.8. The average Bonchev–Trinajstić information content (AvgIpc) is 3.45. The van der Waals surface area contributed by atoms with Gasteiger partial charge >= 0.3 is 0 Å². The molecule has 5 rings (SSSR count). The highest BCUT2D eigenvalue weighted by Crippen LogP contribution is 2.26. The van der Waals surface area contributed by atoms with E-state index in [9.17, 15) is 4.79 Å². The summed E-state index contributed by atoms with van der Waals surface area (Å²) in [4.78, 5) is 16.8. The number of aromatic nitrogens is 3. The summed E-state index contributed by atoms with van der Waals surface area (Å²) in [5, 5.41) is 7.71. The van der Waals surface area contributed by atoms with E-state index in [2.05, 4.69) is 15.4 Å². The van der Waals surface area contributed by atoms with Crippen LogP contribution in [0.5, 0.6) is 5.88 Å². The number of carbonyl (C=O) groups excluding carboxylic acids is 1. The molecule has 28 heavy (non-hydrogen) atoms. The van der Waals surface area contributed by atoms with Gasteiger partial charge in [-0.3, -0.25) is 4.79 Å². The molecule has 2 aliphatic carbocycles. The second kappa shape index (κ2) is 7.26. The van der Waals surface area contributed by atoms with Gasteiger partial charge in [0.05, 0.1) is 11.9 Å². The Morgan fingerprint density at radius 3 is 2.75 bits per heavy atom. The molecule has 6 nitrogen and oxygen atoms in total. The molecule has 0 unspecified atom stereocenters. The van der Waals surface area contributed by atoms with Crippen LogP contribution in [0.15, 0.2) is 42.6 Å². The van der Waals surface area contributed by atoms with E-state index >= 15 is 0 Å². The van der Waals surface area contributed by atoms with Gasteiger partial charge in [0.2, 0.25) is 5.88 Å². The Labute approximate surface area is 163 Å². The lowest BCUT2D eigenvalue weighted by Crippen LogP contribution is -2.25. The molecule has 2 saturated carbocycles. The Bertz CT molecular complexity index is 1000. The number of hydrogen-bond donors (Lipinski definition) is 1. The molecule has 6 heteroatoms. The number of rotatable bonds is 5. The molecule has 1 amide bonds. The number of amides is 1. The smallest absolute Gasteiger partial charge is 0.251 e. The molecule has 0 aliphatic heterocycles. The van der Waals surface area contributed by atoms with Gasteiger partial charge in [-0.1, -0.05) is 18.6 Å². The van der Waals surface area contributed by atoms with Gasteiger partial charge in [0, 0.05) is 23.2 Å². The predicted octanol–water partition coefficient (Wildman–Crippen LogP) is 4.00. The lowest BCUT2D eigenvalue weighted by Gasteiger charge is -2.22. The molecular weight excluding hydrogens is 352 g/mol. The number of imidazole rings is 1. The highest BCUT2D eigenvalue weighted by molar-refractivity contribution is 5.95. The largest absolute Gasteiger partial charge is 0.473 e. The van der Waals surface area contributed by atoms with E-state index in [1.807, 2.05) is 36.4 Å². The number of hydrogen-bond acceptors (Lipinski definition) is 4. The second-order valence-corrected chi connectivity index (χ2v) is 7.79. The van der Waals surface area contributed by atoms with Crippen molar-refractivity contribution in [3.63, 3.8) is 0 Å². The first kappa shape index (κ1) is 17.2. The minimum atomic E-state index is -0.0209. The third-order valence-corrected chi connectivity index (χ3v) is 5.51. The summed E-state index contributed by atoms with van der Waals surface area (Å²) < 4.78 is 7.91. The number of nitrogens with one attached hydrogen (secondary N) is 1. The van der Waals surface area contributed by atoms with Crippen molar-refractivity contribution in [3.8, 4) is 17.1 Å². The quantitative estimate of drug-likeness (QED) is 0.731. The highest BCUT2D eigenvalue weighted by atomic mass is 16.5. The van der Waals surface area contributed by atoms with Crippen LogP contribution in [0.1, 0.15) is 55.3 Å². The topological polar surface area (TPSA) is 68.5 Å². The summed E-state index contributed by atoms with van der Waals surface area (Å²) in [5.74, 6) is 0.605. The summed E-state index contributed by atoms with van der Waals surface area (Å²) in [7, 11) is 0. The van der Waals surface area contributed by atoms with Crippen molar-refractivity contribution in [2.24, 2.45) is 0 Å². The summed E-state index contributed by atoms with van der Waals surface area (Å²) in [6, 6.07) is 11.8. The van der Waals surface area contributed by atoms with E-state index in [1.54, 1.807) is 10.7 Å². The minimum absolute atomic E-state index is 0.0209. The predicted molar refractivity (Wildman–Crippen MR) is 106 cm³/mol. The fraction of sp³-hybridized carbons (Fsp3) is 0.409. The van der Waals surface area contributed by atoms with Crippen molar-refractivity contribution >= 4 is 11.6 Å². The van der Waals surface area contributed by atoms with Crippen molar-refractivity contribution < 1.29 is 9.53 Å². The van der Waals surface area contributed by atoms with Crippen LogP contribution in [0.3, 0.4) is 0 Å². The molecule has 0 saturated heterocycles. The van der Waals surface area contributed by atoms with Gasteiger partial charge in [0.1, 0.15) is 6.10 Å². The Balaban J connectivity index is 1.43. The summed E-state index contributed by atoms with van der Waals surface area (Å²) in [5.41, 5.74) is 3.19. The fourth-order valence-corrected chi connectivity index (χ4v) is 3.79. The maximum atomic E-state index is 12.4. The van der Waals surface area contributed by atoms with Gasteiger partial charge < -0.3 is 10.1 Å². The number of benzene rings is 1. The van der Waals surface area contributed by atoms with Gasteiger partial charge in [0.15, 0.2) is 5.65 Å². The van der Waals surface area contributed by atoms with E-state index in [4.69, 9.17) is 4.74 Å². The van der Waals surface area contributed by atoms with Gasteiger partial charge in [0.25, 0.3) is 5.91 Å². The van der Waals surface area contributed by atoms with Crippen LogP contribution in [0.25, 0.3) is 16.9 Å². The number of ether oxygens (including phenoxy) is 1. The molecular formula is C22H24N4O2. The van der Waals surface area contributed by atoms with Crippen molar-refractivity contribution in [1.82, 2.24) is 19.9 Å². The van der Waals surface area contributed by atoms with Crippen molar-refractivity contribution in [2.45, 2.75) is 57.1 Å². The van der Waals surface area contributed by atoms with Crippen molar-refractivity contribution in [1.29, 1.82) is 0 Å². The molecule has 0 bridgehead atoms. The van der Waals surface area contributed by atoms with Crippen LogP contribution in [-0.2, 0) is 0 Å². The first-order chi connectivity index (χ1) is 13.8. The van der Waals surface area contributed by atoms with Crippen LogP contribution in [-0.4, -0.2) is 32.7 Å². The normalized spacial score (nSPS) is 17.6. The zero-order valence-electron chi connectivity index (χ0n) is 15.8. The minimum Gasteiger partial charge on any atom is -0.473 e. The van der Waals surface area contributed by atoms with Crippen LogP contribution < -0.4 is 10.1 Å². The number of fused-ring (bicyclic) bond motifs is 1. The molecule has 0 radical (unpaired) electrons. The molecule has 0 spiro atoms. The van der Waals surface area contributed by atoms with Crippen molar-refractivity contribution in [2.75, 3.05) is 0 Å². The summed E-state index contributed by atoms with van der Waals surface area (Å²) in [6.07, 6.45) is 10.1. The zero-order chi connectivity index (χ0) is 18.9. The van der Waals surface area contributed by atoms with Gasteiger partial charge in [-0.15, -0.1) is 5.10 Å². The Hall–Kier alpha value is -2.89. The molecule has 1 N–H and O–H groups in total. The SMILES string of the molecule is O=C(NC1CC1)c1cccc(-c2cnc3ccc(OC4CCCCC4)nn23)c1. The van der Waals surface area contributed by atoms with E-state index in [-0.39, 0.29) is 12.0 Å². The van der Waals surface area contributed by atoms with E-state index in [1.165, 1.54) is 19.3 Å². The lowest BCUT2D eigenvalue weighted by atomic mass is 9.98. The van der Waals surface area contributed by atoms with Crippen LogP contribution in [0.2, 0.25) is 0 Å². The van der Waals surface area contributed by atoms with Gasteiger partial charge in [-0.2, -0.15) is 0 Å². The van der Waals surface area contributed by atoms with E-state index < -0.39 is 0 Å². The molecule has 2 aliphatic rings. The molecule has 0 atom stereocenters. The molecule has 3 aromatic rings. The Kier molecular flexibility index (Phi) is 4.47. The lowest BCUT2D eigenvalue weighted by molar-refractivity contribution is 0.0951. The monoisotopic (exact) mass is 376 g/mol. The van der Waals surface area contributed by atoms with Crippen molar-refractivity contribution in [3.05, 3.63) is 48.2 Å². The van der Waals surface area contributed by atoms with E-state index in [0.29, 0.717) is 17.5 Å². The van der Waals surface area contributed by atoms with Crippen LogP contribution >= 0.6 is 0 Å². The van der Waals surface area contributed by atoms with Crippen LogP contribution in [0.4, 0.5) is 0 Å². The Morgan fingerprint density at radius 1 is 1.07 bits per heavy atom. The van der Waals surface area contributed by atoms with E-state index in [0.717, 1.165) is 42.6 Å². The third-order valence-electron chi connectivity index (χ3n) is 5.51. The third kappa shape index (κ3) is 3.59. The first-order valence-electron chi connectivity index (χ1n) is 10.2. The fourth-order valence-electron chi connectivity index (χ4n) is 3.79.